The lowest BCUT2D eigenvalue weighted by Crippen LogP contribution is -2.24. The molecule has 0 fully saturated rings. The standard InChI is InChI=1S/C51H39N3/c1-5-16-44-34(10-1)20-24-38-28-53(29-39-25-21-35-11-2-6-17-45(35)49(39)48(38)44)32-42-14-9-15-43(52-42)33-54-30-40-26-22-36-12-3-7-18-46(36)50(40)51-41(31-54)27-23-37-13-4-8-19-47(37)51/h1-27H,28-33H2. The zero-order valence-corrected chi connectivity index (χ0v) is 30.2. The maximum absolute atomic E-state index is 5.36. The highest BCUT2D eigenvalue weighted by atomic mass is 15.1. The second-order valence-corrected chi connectivity index (χ2v) is 15.2. The molecule has 0 unspecified atom stereocenters. The van der Waals surface area contributed by atoms with E-state index in [0.717, 1.165) is 50.7 Å². The normalized spacial score (nSPS) is 14.4. The van der Waals surface area contributed by atoms with Crippen LogP contribution in [0.1, 0.15) is 33.6 Å². The molecule has 2 aliphatic heterocycles. The topological polar surface area (TPSA) is 19.4 Å². The molecule has 0 saturated heterocycles. The summed E-state index contributed by atoms with van der Waals surface area (Å²) in [4.78, 5) is 10.5. The number of aromatic nitrogens is 1. The van der Waals surface area contributed by atoms with Crippen LogP contribution in [-0.2, 0) is 39.3 Å². The first-order valence-electron chi connectivity index (χ1n) is 19.2. The molecule has 0 spiro atoms. The van der Waals surface area contributed by atoms with E-state index in [1.54, 1.807) is 0 Å². The van der Waals surface area contributed by atoms with E-state index in [-0.39, 0.29) is 0 Å². The van der Waals surface area contributed by atoms with E-state index in [1.807, 2.05) is 0 Å². The lowest BCUT2D eigenvalue weighted by atomic mass is 9.88. The Hall–Kier alpha value is -6.13. The lowest BCUT2D eigenvalue weighted by Gasteiger charge is -2.23. The number of pyridine rings is 1. The SMILES string of the molecule is c1cc(CN2Cc3ccc4ccccc4c3-c3c(ccc4ccccc34)C2)nc(CN2Cc3ccc4ccccc4c3-c3c(ccc4ccccc34)C2)c1. The van der Waals surface area contributed by atoms with Crippen LogP contribution in [0.2, 0.25) is 0 Å². The molecule has 8 aromatic carbocycles. The van der Waals surface area contributed by atoms with Gasteiger partial charge in [-0.25, -0.2) is 0 Å². The minimum absolute atomic E-state index is 0.788. The maximum Gasteiger partial charge on any atom is 0.0548 e. The van der Waals surface area contributed by atoms with Gasteiger partial charge in [-0.15, -0.1) is 0 Å². The molecule has 0 bridgehead atoms. The van der Waals surface area contributed by atoms with Gasteiger partial charge in [-0.3, -0.25) is 14.8 Å². The van der Waals surface area contributed by atoms with Crippen LogP contribution in [0.15, 0.2) is 164 Å². The van der Waals surface area contributed by atoms with Gasteiger partial charge in [-0.2, -0.15) is 0 Å². The molecule has 0 N–H and O–H groups in total. The zero-order chi connectivity index (χ0) is 35.6. The van der Waals surface area contributed by atoms with Crippen LogP contribution in [0.5, 0.6) is 0 Å². The highest BCUT2D eigenvalue weighted by Crippen LogP contribution is 2.44. The number of benzene rings is 8. The van der Waals surface area contributed by atoms with Crippen LogP contribution in [0.3, 0.4) is 0 Å². The van der Waals surface area contributed by atoms with E-state index in [9.17, 15) is 0 Å². The second-order valence-electron chi connectivity index (χ2n) is 15.2. The van der Waals surface area contributed by atoms with Crippen molar-refractivity contribution in [3.63, 3.8) is 0 Å². The third kappa shape index (κ3) is 5.31. The fourth-order valence-electron chi connectivity index (χ4n) is 9.44. The molecule has 258 valence electrons. The number of fused-ring (bicyclic) bond motifs is 14. The van der Waals surface area contributed by atoms with Crippen LogP contribution in [0.4, 0.5) is 0 Å². The van der Waals surface area contributed by atoms with Gasteiger partial charge in [0.25, 0.3) is 0 Å². The Kier molecular flexibility index (Phi) is 7.43. The van der Waals surface area contributed by atoms with Gasteiger partial charge >= 0.3 is 0 Å². The summed E-state index contributed by atoms with van der Waals surface area (Å²) in [5, 5.41) is 10.5. The first-order chi connectivity index (χ1) is 26.7. The van der Waals surface area contributed by atoms with Crippen LogP contribution in [0, 0.1) is 0 Å². The molecule has 1 aromatic heterocycles. The van der Waals surface area contributed by atoms with Gasteiger partial charge in [-0.05, 0) is 99.7 Å². The van der Waals surface area contributed by atoms with Gasteiger partial charge in [0.05, 0.1) is 11.4 Å². The Balaban J connectivity index is 0.942. The maximum atomic E-state index is 5.36. The summed E-state index contributed by atoms with van der Waals surface area (Å²) >= 11 is 0. The van der Waals surface area contributed by atoms with Crippen molar-refractivity contribution in [3.05, 3.63) is 197 Å². The van der Waals surface area contributed by atoms with Crippen molar-refractivity contribution in [1.29, 1.82) is 0 Å². The molecule has 0 saturated carbocycles. The number of hydrogen-bond acceptors (Lipinski definition) is 3. The quantitative estimate of drug-likeness (QED) is 0.183. The Bertz CT molecular complexity index is 2550. The second kappa shape index (κ2) is 12.8. The molecule has 3 nitrogen and oxygen atoms in total. The van der Waals surface area contributed by atoms with Crippen molar-refractivity contribution < 1.29 is 0 Å². The molecular formula is C51H39N3. The average Bonchev–Trinajstić information content (AvgIpc) is 3.48. The largest absolute Gasteiger partial charge is 0.289 e. The molecular weight excluding hydrogens is 655 g/mol. The molecule has 0 aliphatic carbocycles. The monoisotopic (exact) mass is 693 g/mol. The Morgan fingerprint density at radius 3 is 0.926 bits per heavy atom. The predicted molar refractivity (Wildman–Crippen MR) is 224 cm³/mol. The summed E-state index contributed by atoms with van der Waals surface area (Å²) in [5.74, 6) is 0. The Morgan fingerprint density at radius 1 is 0.315 bits per heavy atom. The molecule has 2 aliphatic rings. The van der Waals surface area contributed by atoms with Gasteiger partial charge in [0, 0.05) is 39.3 Å². The first kappa shape index (κ1) is 31.4. The summed E-state index contributed by atoms with van der Waals surface area (Å²) in [6.07, 6.45) is 0. The van der Waals surface area contributed by atoms with Crippen molar-refractivity contribution in [1.82, 2.24) is 14.8 Å². The summed E-state index contributed by atoms with van der Waals surface area (Å²) in [6.45, 7) is 5.06. The van der Waals surface area contributed by atoms with Gasteiger partial charge < -0.3 is 0 Å². The van der Waals surface area contributed by atoms with Crippen LogP contribution in [-0.4, -0.2) is 14.8 Å². The van der Waals surface area contributed by atoms with Crippen molar-refractivity contribution in [2.75, 3.05) is 0 Å². The smallest absolute Gasteiger partial charge is 0.0548 e. The molecule has 9 aromatic rings. The summed E-state index contributed by atoms with van der Waals surface area (Å²) < 4.78 is 0. The van der Waals surface area contributed by atoms with Crippen LogP contribution < -0.4 is 0 Å². The third-order valence-electron chi connectivity index (χ3n) is 11.8. The van der Waals surface area contributed by atoms with Crippen LogP contribution >= 0.6 is 0 Å². The molecule has 0 atom stereocenters. The third-order valence-corrected chi connectivity index (χ3v) is 11.8. The summed E-state index contributed by atoms with van der Waals surface area (Å²) in [6, 6.07) is 60.7. The van der Waals surface area contributed by atoms with Crippen molar-refractivity contribution in [2.45, 2.75) is 39.3 Å². The molecule has 11 rings (SSSR count). The van der Waals surface area contributed by atoms with E-state index < -0.39 is 0 Å². The number of hydrogen-bond donors (Lipinski definition) is 0. The van der Waals surface area contributed by atoms with Crippen molar-refractivity contribution >= 4 is 43.1 Å². The molecule has 3 heterocycles. The van der Waals surface area contributed by atoms with E-state index >= 15 is 0 Å². The fraction of sp³-hybridized carbons (Fsp3) is 0.118. The Morgan fingerprint density at radius 2 is 0.611 bits per heavy atom. The van der Waals surface area contributed by atoms with Crippen molar-refractivity contribution in [2.24, 2.45) is 0 Å². The number of rotatable bonds is 4. The van der Waals surface area contributed by atoms with E-state index in [2.05, 4.69) is 174 Å². The van der Waals surface area contributed by atoms with Crippen molar-refractivity contribution in [3.8, 4) is 22.3 Å². The Labute approximate surface area is 315 Å². The average molecular weight is 694 g/mol. The lowest BCUT2D eigenvalue weighted by molar-refractivity contribution is 0.240. The van der Waals surface area contributed by atoms with Gasteiger partial charge in [0.1, 0.15) is 0 Å². The minimum Gasteiger partial charge on any atom is -0.289 e. The molecule has 3 heteroatoms. The van der Waals surface area contributed by atoms with Gasteiger partial charge in [0.15, 0.2) is 0 Å². The van der Waals surface area contributed by atoms with E-state index in [0.29, 0.717) is 0 Å². The highest BCUT2D eigenvalue weighted by molar-refractivity contribution is 6.09. The molecule has 54 heavy (non-hydrogen) atoms. The number of nitrogens with zero attached hydrogens (tertiary/aromatic N) is 3. The fourth-order valence-corrected chi connectivity index (χ4v) is 9.44. The minimum atomic E-state index is 0.788. The summed E-state index contributed by atoms with van der Waals surface area (Å²) in [7, 11) is 0. The first-order valence-corrected chi connectivity index (χ1v) is 19.2. The zero-order valence-electron chi connectivity index (χ0n) is 30.2. The van der Waals surface area contributed by atoms with E-state index in [4.69, 9.17) is 4.98 Å². The predicted octanol–water partition coefficient (Wildman–Crippen LogP) is 12.1. The molecule has 0 amide bonds. The molecule has 0 radical (unpaired) electrons. The van der Waals surface area contributed by atoms with Crippen LogP contribution in [0.25, 0.3) is 65.3 Å². The van der Waals surface area contributed by atoms with Gasteiger partial charge in [-0.1, -0.05) is 152 Å². The highest BCUT2D eigenvalue weighted by Gasteiger charge is 2.26. The van der Waals surface area contributed by atoms with Gasteiger partial charge in [0.2, 0.25) is 0 Å². The summed E-state index contributed by atoms with van der Waals surface area (Å²) in [5.41, 5.74) is 13.3. The van der Waals surface area contributed by atoms with E-state index in [1.165, 1.54) is 87.6 Å².